The molecule has 0 unspecified atom stereocenters. The van der Waals surface area contributed by atoms with Crippen molar-refractivity contribution in [2.45, 2.75) is 25.8 Å². The number of rotatable bonds is 6. The van der Waals surface area contributed by atoms with Crippen molar-refractivity contribution in [1.82, 2.24) is 10.1 Å². The van der Waals surface area contributed by atoms with E-state index in [-0.39, 0.29) is 24.4 Å². The van der Waals surface area contributed by atoms with Crippen LogP contribution in [0.1, 0.15) is 29.0 Å². The Hall–Kier alpha value is -3.41. The maximum atomic E-state index is 13.0. The van der Waals surface area contributed by atoms with Gasteiger partial charge in [0.15, 0.2) is 5.82 Å². The van der Waals surface area contributed by atoms with Gasteiger partial charge in [-0.1, -0.05) is 47.6 Å². The summed E-state index contributed by atoms with van der Waals surface area (Å²) in [6.07, 6.45) is 1.84. The fourth-order valence-electron chi connectivity index (χ4n) is 3.12. The molecule has 2 amide bonds. The number of aromatic nitrogens is 1. The highest BCUT2D eigenvalue weighted by Gasteiger charge is 2.34. The third kappa shape index (κ3) is 4.11. The molecule has 6 nitrogen and oxygen atoms in total. The Morgan fingerprint density at radius 1 is 1.07 bits per heavy atom. The van der Waals surface area contributed by atoms with Gasteiger partial charge >= 0.3 is 0 Å². The molecule has 6 heteroatoms. The second-order valence-electron chi connectivity index (χ2n) is 6.98. The number of nitrogens with zero attached hydrogens (tertiary/aromatic N) is 2. The van der Waals surface area contributed by atoms with Crippen LogP contribution in [-0.2, 0) is 4.79 Å². The van der Waals surface area contributed by atoms with Crippen LogP contribution in [0.15, 0.2) is 65.2 Å². The number of carbonyl (C=O) groups excluding carboxylic acids is 2. The van der Waals surface area contributed by atoms with Gasteiger partial charge in [0.2, 0.25) is 5.91 Å². The van der Waals surface area contributed by atoms with Crippen molar-refractivity contribution in [3.05, 3.63) is 72.0 Å². The molecule has 1 aliphatic carbocycles. The molecule has 1 aromatic heterocycles. The number of hydrogen-bond donors (Lipinski definition) is 1. The largest absolute Gasteiger partial charge is 0.360 e. The SMILES string of the molecule is Cc1cc(NC(=O)CN(C(=O)c2ccc(-c3ccccc3)cc2)C2CC2)no1. The molecule has 3 aromatic rings. The molecule has 0 spiro atoms. The summed E-state index contributed by atoms with van der Waals surface area (Å²) in [6.45, 7) is 1.75. The zero-order valence-corrected chi connectivity index (χ0v) is 15.6. The summed E-state index contributed by atoms with van der Waals surface area (Å²) in [4.78, 5) is 27.0. The molecule has 0 radical (unpaired) electrons. The van der Waals surface area contributed by atoms with Crippen molar-refractivity contribution in [2.24, 2.45) is 0 Å². The summed E-state index contributed by atoms with van der Waals surface area (Å²) in [5.41, 5.74) is 2.73. The molecule has 1 aliphatic rings. The highest BCUT2D eigenvalue weighted by Crippen LogP contribution is 2.29. The van der Waals surface area contributed by atoms with Crippen LogP contribution in [0.3, 0.4) is 0 Å². The van der Waals surface area contributed by atoms with E-state index in [0.717, 1.165) is 24.0 Å². The molecule has 4 rings (SSSR count). The lowest BCUT2D eigenvalue weighted by Gasteiger charge is -2.21. The van der Waals surface area contributed by atoms with Gasteiger partial charge in [0.25, 0.3) is 5.91 Å². The first-order valence-corrected chi connectivity index (χ1v) is 9.30. The number of hydrogen-bond acceptors (Lipinski definition) is 4. The highest BCUT2D eigenvalue weighted by atomic mass is 16.5. The summed E-state index contributed by atoms with van der Waals surface area (Å²) in [6, 6.07) is 19.3. The smallest absolute Gasteiger partial charge is 0.254 e. The molecular formula is C22H21N3O3. The predicted octanol–water partition coefficient (Wildman–Crippen LogP) is 3.89. The van der Waals surface area contributed by atoms with Crippen molar-refractivity contribution in [3.63, 3.8) is 0 Å². The molecule has 1 N–H and O–H groups in total. The van der Waals surface area contributed by atoms with E-state index >= 15 is 0 Å². The van der Waals surface area contributed by atoms with Crippen LogP contribution in [-0.4, -0.2) is 34.5 Å². The fourth-order valence-corrected chi connectivity index (χ4v) is 3.12. The van der Waals surface area contributed by atoms with Gasteiger partial charge in [0.05, 0.1) is 0 Å². The molecule has 0 bridgehead atoms. The van der Waals surface area contributed by atoms with Gasteiger partial charge in [-0.05, 0) is 43.0 Å². The van der Waals surface area contributed by atoms with E-state index in [1.165, 1.54) is 0 Å². The topological polar surface area (TPSA) is 75.4 Å². The van der Waals surface area contributed by atoms with Gasteiger partial charge in [-0.25, -0.2) is 0 Å². The minimum atomic E-state index is -0.283. The number of carbonyl (C=O) groups is 2. The predicted molar refractivity (Wildman–Crippen MR) is 106 cm³/mol. The van der Waals surface area contributed by atoms with Crippen LogP contribution in [0.5, 0.6) is 0 Å². The maximum Gasteiger partial charge on any atom is 0.254 e. The molecule has 0 atom stereocenters. The summed E-state index contributed by atoms with van der Waals surface area (Å²) in [5, 5.41) is 6.43. The Morgan fingerprint density at radius 3 is 2.36 bits per heavy atom. The molecule has 1 saturated carbocycles. The van der Waals surface area contributed by atoms with Crippen molar-refractivity contribution in [1.29, 1.82) is 0 Å². The minimum absolute atomic E-state index is 0.00412. The Balaban J connectivity index is 1.45. The number of aryl methyl sites for hydroxylation is 1. The number of nitrogens with one attached hydrogen (secondary N) is 1. The van der Waals surface area contributed by atoms with Crippen LogP contribution >= 0.6 is 0 Å². The standard InChI is InChI=1S/C22H21N3O3/c1-15-13-20(24-28-15)23-21(26)14-25(19-11-12-19)22(27)18-9-7-17(8-10-18)16-5-3-2-4-6-16/h2-10,13,19H,11-12,14H2,1H3,(H,23,24,26). The van der Waals surface area contributed by atoms with Crippen molar-refractivity contribution < 1.29 is 14.1 Å². The number of anilines is 1. The summed E-state index contributed by atoms with van der Waals surface area (Å²) in [5.74, 6) is 0.560. The Morgan fingerprint density at radius 2 is 1.75 bits per heavy atom. The van der Waals surface area contributed by atoms with Crippen LogP contribution in [0, 0.1) is 6.92 Å². The van der Waals surface area contributed by atoms with E-state index < -0.39 is 0 Å². The molecule has 0 aliphatic heterocycles. The first-order chi connectivity index (χ1) is 13.6. The van der Waals surface area contributed by atoms with Crippen LogP contribution in [0.25, 0.3) is 11.1 Å². The van der Waals surface area contributed by atoms with Gasteiger partial charge in [0, 0.05) is 17.7 Å². The Labute approximate surface area is 163 Å². The first-order valence-electron chi connectivity index (χ1n) is 9.30. The first kappa shape index (κ1) is 18.0. The van der Waals surface area contributed by atoms with Crippen LogP contribution in [0.4, 0.5) is 5.82 Å². The third-order valence-corrected chi connectivity index (χ3v) is 4.70. The molecule has 2 aromatic carbocycles. The second kappa shape index (κ2) is 7.68. The second-order valence-corrected chi connectivity index (χ2v) is 6.98. The minimum Gasteiger partial charge on any atom is -0.360 e. The highest BCUT2D eigenvalue weighted by molar-refractivity contribution is 5.99. The lowest BCUT2D eigenvalue weighted by molar-refractivity contribution is -0.117. The number of amides is 2. The lowest BCUT2D eigenvalue weighted by Crippen LogP contribution is -2.39. The average molecular weight is 375 g/mol. The van der Waals surface area contributed by atoms with Crippen molar-refractivity contribution >= 4 is 17.6 Å². The van der Waals surface area contributed by atoms with Crippen LogP contribution < -0.4 is 5.32 Å². The molecule has 0 saturated heterocycles. The van der Waals surface area contributed by atoms with Crippen molar-refractivity contribution in [3.8, 4) is 11.1 Å². The lowest BCUT2D eigenvalue weighted by atomic mass is 10.0. The zero-order chi connectivity index (χ0) is 19.5. The van der Waals surface area contributed by atoms with E-state index in [1.807, 2.05) is 54.6 Å². The van der Waals surface area contributed by atoms with Gasteiger partial charge < -0.3 is 14.7 Å². The van der Waals surface area contributed by atoms with E-state index in [1.54, 1.807) is 17.9 Å². The fraction of sp³-hybridized carbons (Fsp3) is 0.227. The van der Waals surface area contributed by atoms with E-state index in [0.29, 0.717) is 17.1 Å². The van der Waals surface area contributed by atoms with Crippen LogP contribution in [0.2, 0.25) is 0 Å². The summed E-state index contributed by atoms with van der Waals surface area (Å²) in [7, 11) is 0. The monoisotopic (exact) mass is 375 g/mol. The Bertz CT molecular complexity index is 976. The van der Waals surface area contributed by atoms with E-state index in [4.69, 9.17) is 4.52 Å². The maximum absolute atomic E-state index is 13.0. The summed E-state index contributed by atoms with van der Waals surface area (Å²) >= 11 is 0. The quantitative estimate of drug-likeness (QED) is 0.709. The normalized spacial score (nSPS) is 13.2. The average Bonchev–Trinajstić information content (AvgIpc) is 3.48. The third-order valence-electron chi connectivity index (χ3n) is 4.70. The van der Waals surface area contributed by atoms with Crippen molar-refractivity contribution in [2.75, 3.05) is 11.9 Å². The van der Waals surface area contributed by atoms with E-state index in [9.17, 15) is 9.59 Å². The molecule has 1 fully saturated rings. The van der Waals surface area contributed by atoms with Gasteiger partial charge in [0.1, 0.15) is 12.3 Å². The van der Waals surface area contributed by atoms with E-state index in [2.05, 4.69) is 10.5 Å². The molecular weight excluding hydrogens is 354 g/mol. The number of benzene rings is 2. The summed E-state index contributed by atoms with van der Waals surface area (Å²) < 4.78 is 4.95. The molecule has 1 heterocycles. The van der Waals surface area contributed by atoms with Gasteiger partial charge in [-0.15, -0.1) is 0 Å². The molecule has 28 heavy (non-hydrogen) atoms. The zero-order valence-electron chi connectivity index (χ0n) is 15.6. The molecule has 142 valence electrons. The van der Waals surface area contributed by atoms with Gasteiger partial charge in [-0.2, -0.15) is 0 Å². The Kier molecular flexibility index (Phi) is 4.93. The van der Waals surface area contributed by atoms with Gasteiger partial charge in [-0.3, -0.25) is 9.59 Å².